The fraction of sp³-hybridized carbons (Fsp3) is 0.400. The van der Waals surface area contributed by atoms with Crippen molar-refractivity contribution >= 4 is 11.1 Å². The molecule has 0 unspecified atom stereocenters. The van der Waals surface area contributed by atoms with Crippen LogP contribution in [-0.2, 0) is 6.54 Å². The molecule has 0 spiro atoms. The largest absolute Gasteiger partial charge is 0.408 e. The van der Waals surface area contributed by atoms with Gasteiger partial charge < -0.3 is 4.42 Å². The van der Waals surface area contributed by atoms with Crippen molar-refractivity contribution in [3.8, 4) is 0 Å². The maximum absolute atomic E-state index is 12.3. The second-order valence-corrected chi connectivity index (χ2v) is 3.79. The van der Waals surface area contributed by atoms with Crippen molar-refractivity contribution in [2.24, 2.45) is 0 Å². The third-order valence-corrected chi connectivity index (χ3v) is 2.34. The molecule has 0 aromatic carbocycles. The van der Waals surface area contributed by atoms with Crippen LogP contribution in [0.15, 0.2) is 15.3 Å². The summed E-state index contributed by atoms with van der Waals surface area (Å²) in [5, 5.41) is 4.19. The van der Waals surface area contributed by atoms with Crippen molar-refractivity contribution < 1.29 is 17.6 Å². The lowest BCUT2D eigenvalue weighted by Crippen LogP contribution is -2.19. The highest BCUT2D eigenvalue weighted by Gasteiger charge is 2.30. The van der Waals surface area contributed by atoms with E-state index in [1.165, 1.54) is 6.07 Å². The van der Waals surface area contributed by atoms with Crippen molar-refractivity contribution in [3.63, 3.8) is 0 Å². The Hall–Kier alpha value is -1.79. The van der Waals surface area contributed by atoms with Gasteiger partial charge in [0.05, 0.1) is 11.1 Å². The Morgan fingerprint density at radius 1 is 1.41 bits per heavy atom. The van der Waals surface area contributed by atoms with Crippen LogP contribution < -0.4 is 5.63 Å². The van der Waals surface area contributed by atoms with Crippen molar-refractivity contribution in [2.45, 2.75) is 26.6 Å². The first-order valence-electron chi connectivity index (χ1n) is 4.82. The quantitative estimate of drug-likeness (QED) is 0.774. The van der Waals surface area contributed by atoms with E-state index in [0.29, 0.717) is 21.3 Å². The number of halogens is 3. The Morgan fingerprint density at radius 2 is 2.06 bits per heavy atom. The summed E-state index contributed by atoms with van der Waals surface area (Å²) in [7, 11) is 0. The average Bonchev–Trinajstić information content (AvgIpc) is 2.39. The number of aromatic nitrogens is 2. The Kier molecular flexibility index (Phi) is 2.48. The highest BCUT2D eigenvalue weighted by molar-refractivity contribution is 5.79. The third-order valence-electron chi connectivity index (χ3n) is 2.34. The summed E-state index contributed by atoms with van der Waals surface area (Å²) in [5.41, 5.74) is 0.149. The topological polar surface area (TPSA) is 48.0 Å². The van der Waals surface area contributed by atoms with Gasteiger partial charge in [-0.05, 0) is 19.4 Å². The number of fused-ring (bicyclic) bond motifs is 1. The molecule has 2 aromatic heterocycles. The summed E-state index contributed by atoms with van der Waals surface area (Å²) >= 11 is 0. The maximum atomic E-state index is 12.3. The van der Waals surface area contributed by atoms with Gasteiger partial charge in [0.25, 0.3) is 0 Å². The van der Waals surface area contributed by atoms with Crippen molar-refractivity contribution in [1.29, 1.82) is 0 Å². The van der Waals surface area contributed by atoms with E-state index < -0.39 is 18.3 Å². The molecule has 0 saturated heterocycles. The number of alkyl halides is 3. The number of hydrogen-bond acceptors (Lipinski definition) is 3. The van der Waals surface area contributed by atoms with Crippen LogP contribution in [0.3, 0.4) is 0 Å². The van der Waals surface area contributed by atoms with Crippen molar-refractivity contribution in [2.75, 3.05) is 0 Å². The molecular formula is C10H9F3N2O2. The third kappa shape index (κ3) is 2.17. The van der Waals surface area contributed by atoms with Gasteiger partial charge in [0, 0.05) is 6.07 Å². The first-order chi connectivity index (χ1) is 7.78. The lowest BCUT2D eigenvalue weighted by molar-refractivity contribution is -0.142. The van der Waals surface area contributed by atoms with Gasteiger partial charge in [0.2, 0.25) is 5.71 Å². The molecule has 92 valence electrons. The van der Waals surface area contributed by atoms with Crippen LogP contribution in [0, 0.1) is 13.8 Å². The number of rotatable bonds is 1. The Morgan fingerprint density at radius 3 is 2.65 bits per heavy atom. The molecule has 0 radical (unpaired) electrons. The Balaban J connectivity index is 2.70. The summed E-state index contributed by atoms with van der Waals surface area (Å²) in [4.78, 5) is 11.1. The smallest absolute Gasteiger partial charge is 0.404 e. The first kappa shape index (κ1) is 11.7. The molecule has 0 aliphatic carbocycles. The number of nitrogens with zero attached hydrogens (tertiary/aromatic N) is 2. The SMILES string of the molecule is Cc1cc(=O)oc2c1c(C)nn2CC(F)(F)F. The molecule has 0 amide bonds. The minimum Gasteiger partial charge on any atom is -0.404 e. The molecule has 17 heavy (non-hydrogen) atoms. The molecule has 4 nitrogen and oxygen atoms in total. The zero-order valence-corrected chi connectivity index (χ0v) is 9.13. The molecule has 0 atom stereocenters. The molecule has 0 saturated carbocycles. The fourth-order valence-electron chi connectivity index (χ4n) is 1.77. The van der Waals surface area contributed by atoms with Gasteiger partial charge in [0.1, 0.15) is 6.54 Å². The minimum atomic E-state index is -4.41. The van der Waals surface area contributed by atoms with E-state index in [2.05, 4.69) is 5.10 Å². The highest BCUT2D eigenvalue weighted by Crippen LogP contribution is 2.24. The van der Waals surface area contributed by atoms with Gasteiger partial charge in [0.15, 0.2) is 0 Å². The second-order valence-electron chi connectivity index (χ2n) is 3.79. The van der Waals surface area contributed by atoms with Crippen LogP contribution in [0.25, 0.3) is 11.1 Å². The van der Waals surface area contributed by atoms with Gasteiger partial charge in [-0.3, -0.25) is 0 Å². The summed E-state index contributed by atoms with van der Waals surface area (Å²) in [6.07, 6.45) is -4.41. The average molecular weight is 246 g/mol. The predicted molar refractivity (Wildman–Crippen MR) is 53.8 cm³/mol. The Bertz CT molecular complexity index is 625. The van der Waals surface area contributed by atoms with E-state index in [9.17, 15) is 18.0 Å². The molecule has 0 aliphatic rings. The predicted octanol–water partition coefficient (Wildman–Crippen LogP) is 2.17. The summed E-state index contributed by atoms with van der Waals surface area (Å²) in [5.74, 6) is 0. The molecule has 7 heteroatoms. The zero-order chi connectivity index (χ0) is 12.8. The molecule has 2 heterocycles. The molecule has 0 fully saturated rings. The second kappa shape index (κ2) is 3.61. The van der Waals surface area contributed by atoms with Gasteiger partial charge in [-0.1, -0.05) is 0 Å². The van der Waals surface area contributed by atoms with Crippen LogP contribution in [0.4, 0.5) is 13.2 Å². The molecular weight excluding hydrogens is 237 g/mol. The highest BCUT2D eigenvalue weighted by atomic mass is 19.4. The fourth-order valence-corrected chi connectivity index (χ4v) is 1.77. The van der Waals surface area contributed by atoms with E-state index >= 15 is 0 Å². The first-order valence-corrected chi connectivity index (χ1v) is 4.82. The van der Waals surface area contributed by atoms with Crippen LogP contribution in [0.1, 0.15) is 11.3 Å². The van der Waals surface area contributed by atoms with E-state index in [0.717, 1.165) is 0 Å². The van der Waals surface area contributed by atoms with Gasteiger partial charge in [-0.2, -0.15) is 18.3 Å². The monoisotopic (exact) mass is 246 g/mol. The van der Waals surface area contributed by atoms with E-state index in [1.807, 2.05) is 0 Å². The van der Waals surface area contributed by atoms with Gasteiger partial charge in [-0.25, -0.2) is 9.48 Å². The van der Waals surface area contributed by atoms with E-state index in [-0.39, 0.29) is 5.71 Å². The lowest BCUT2D eigenvalue weighted by atomic mass is 10.2. The number of aryl methyl sites for hydroxylation is 2. The molecule has 0 bridgehead atoms. The molecule has 0 aliphatic heterocycles. The molecule has 0 N–H and O–H groups in total. The van der Waals surface area contributed by atoms with Crippen LogP contribution in [0.2, 0.25) is 0 Å². The Labute approximate surface area is 93.6 Å². The summed E-state index contributed by atoms with van der Waals surface area (Å²) in [6.45, 7) is 1.93. The van der Waals surface area contributed by atoms with Crippen LogP contribution in [-0.4, -0.2) is 16.0 Å². The molecule has 2 rings (SSSR count). The van der Waals surface area contributed by atoms with Gasteiger partial charge in [-0.15, -0.1) is 0 Å². The van der Waals surface area contributed by atoms with E-state index in [1.54, 1.807) is 13.8 Å². The standard InChI is InChI=1S/C10H9F3N2O2/c1-5-3-7(16)17-9-8(5)6(2)14-15(9)4-10(11,12)13/h3H,4H2,1-2H3. The number of hydrogen-bond donors (Lipinski definition) is 0. The summed E-state index contributed by atoms with van der Waals surface area (Å²) in [6, 6.07) is 1.23. The lowest BCUT2D eigenvalue weighted by Gasteiger charge is -2.06. The van der Waals surface area contributed by atoms with Crippen LogP contribution in [0.5, 0.6) is 0 Å². The maximum Gasteiger partial charge on any atom is 0.408 e. The van der Waals surface area contributed by atoms with Crippen molar-refractivity contribution in [3.05, 3.63) is 27.7 Å². The minimum absolute atomic E-state index is 0.134. The van der Waals surface area contributed by atoms with Gasteiger partial charge >= 0.3 is 11.8 Å². The molecule has 2 aromatic rings. The summed E-state index contributed by atoms with van der Waals surface area (Å²) < 4.78 is 42.3. The van der Waals surface area contributed by atoms with Crippen LogP contribution >= 0.6 is 0 Å². The van der Waals surface area contributed by atoms with E-state index in [4.69, 9.17) is 4.42 Å². The zero-order valence-electron chi connectivity index (χ0n) is 9.13. The normalized spacial score (nSPS) is 12.3. The van der Waals surface area contributed by atoms with Crippen molar-refractivity contribution in [1.82, 2.24) is 9.78 Å².